The summed E-state index contributed by atoms with van der Waals surface area (Å²) in [4.78, 5) is 4.44. The van der Waals surface area contributed by atoms with Gasteiger partial charge in [0, 0.05) is 6.61 Å². The fraction of sp³-hybridized carbons (Fsp3) is 0.846. The summed E-state index contributed by atoms with van der Waals surface area (Å²) in [7, 11) is 0. The molecule has 102 valence electrons. The van der Waals surface area contributed by atoms with Gasteiger partial charge in [0.2, 0.25) is 11.7 Å². The predicted octanol–water partition coefficient (Wildman–Crippen LogP) is 2.68. The first-order valence-corrected chi connectivity index (χ1v) is 6.91. The molecule has 2 N–H and O–H groups in total. The molecule has 0 amide bonds. The van der Waals surface area contributed by atoms with Crippen molar-refractivity contribution in [2.45, 2.75) is 64.0 Å². The first kappa shape index (κ1) is 13.5. The van der Waals surface area contributed by atoms with Crippen LogP contribution in [-0.4, -0.2) is 16.7 Å². The molecule has 0 aliphatic heterocycles. The van der Waals surface area contributed by atoms with Crippen molar-refractivity contribution >= 4 is 0 Å². The maximum absolute atomic E-state index is 6.00. The molecule has 1 atom stereocenters. The second-order valence-corrected chi connectivity index (χ2v) is 5.09. The molecule has 1 fully saturated rings. The van der Waals surface area contributed by atoms with Gasteiger partial charge in [-0.3, -0.25) is 0 Å². The van der Waals surface area contributed by atoms with Crippen molar-refractivity contribution in [2.24, 2.45) is 5.73 Å². The van der Waals surface area contributed by atoms with Crippen LogP contribution in [0.1, 0.15) is 70.1 Å². The molecule has 0 bridgehead atoms. The summed E-state index contributed by atoms with van der Waals surface area (Å²) in [5, 5.41) is 4.10. The second-order valence-electron chi connectivity index (χ2n) is 5.09. The van der Waals surface area contributed by atoms with Crippen molar-refractivity contribution in [3.05, 3.63) is 11.7 Å². The minimum Gasteiger partial charge on any atom is -0.367 e. The molecule has 1 aliphatic rings. The van der Waals surface area contributed by atoms with Crippen LogP contribution in [0.5, 0.6) is 0 Å². The first-order valence-electron chi connectivity index (χ1n) is 6.91. The molecule has 5 heteroatoms. The molecule has 1 aliphatic carbocycles. The van der Waals surface area contributed by atoms with Gasteiger partial charge in [-0.1, -0.05) is 30.8 Å². The van der Waals surface area contributed by atoms with E-state index in [2.05, 4.69) is 10.1 Å². The maximum atomic E-state index is 6.00. The predicted molar refractivity (Wildman–Crippen MR) is 67.9 cm³/mol. The third kappa shape index (κ3) is 2.72. The number of hydrogen-bond acceptors (Lipinski definition) is 5. The Balaban J connectivity index is 2.26. The van der Waals surface area contributed by atoms with E-state index in [1.165, 1.54) is 12.8 Å². The molecule has 0 saturated heterocycles. The normalized spacial score (nSPS) is 21.5. The summed E-state index contributed by atoms with van der Waals surface area (Å²) in [6, 6.07) is -0.226. The van der Waals surface area contributed by atoms with E-state index in [4.69, 9.17) is 15.0 Å². The number of ether oxygens (including phenoxy) is 1. The molecular weight excluding hydrogens is 230 g/mol. The Morgan fingerprint density at radius 3 is 2.50 bits per heavy atom. The molecule has 1 aromatic heterocycles. The maximum Gasteiger partial charge on any atom is 0.243 e. The van der Waals surface area contributed by atoms with Gasteiger partial charge in [-0.25, -0.2) is 0 Å². The minimum absolute atomic E-state index is 0.226. The van der Waals surface area contributed by atoms with Crippen molar-refractivity contribution in [1.29, 1.82) is 0 Å². The minimum atomic E-state index is -0.359. The lowest BCUT2D eigenvalue weighted by Crippen LogP contribution is -2.31. The van der Waals surface area contributed by atoms with Crippen LogP contribution in [0.15, 0.2) is 4.52 Å². The molecule has 5 nitrogen and oxygen atoms in total. The van der Waals surface area contributed by atoms with E-state index >= 15 is 0 Å². The number of nitrogens with two attached hydrogens (primary N) is 1. The van der Waals surface area contributed by atoms with Crippen molar-refractivity contribution < 1.29 is 9.26 Å². The highest BCUT2D eigenvalue weighted by molar-refractivity contribution is 5.04. The molecule has 0 radical (unpaired) electrons. The van der Waals surface area contributed by atoms with Gasteiger partial charge in [0.15, 0.2) is 0 Å². The first-order chi connectivity index (χ1) is 8.68. The van der Waals surface area contributed by atoms with Crippen LogP contribution in [0.25, 0.3) is 0 Å². The Bertz CT molecular complexity index is 368. The van der Waals surface area contributed by atoms with E-state index in [1.807, 2.05) is 13.8 Å². The Hall–Kier alpha value is -0.940. The van der Waals surface area contributed by atoms with Gasteiger partial charge < -0.3 is 15.0 Å². The van der Waals surface area contributed by atoms with E-state index in [1.54, 1.807) is 0 Å². The summed E-state index contributed by atoms with van der Waals surface area (Å²) >= 11 is 0. The summed E-state index contributed by atoms with van der Waals surface area (Å²) in [5.41, 5.74) is 5.41. The molecule has 2 rings (SSSR count). The van der Waals surface area contributed by atoms with E-state index in [9.17, 15) is 0 Å². The van der Waals surface area contributed by atoms with Crippen LogP contribution in [-0.2, 0) is 10.3 Å². The van der Waals surface area contributed by atoms with Gasteiger partial charge in [-0.2, -0.15) is 4.98 Å². The van der Waals surface area contributed by atoms with Crippen molar-refractivity contribution in [1.82, 2.24) is 10.1 Å². The van der Waals surface area contributed by atoms with Gasteiger partial charge in [-0.05, 0) is 26.7 Å². The van der Waals surface area contributed by atoms with Crippen LogP contribution in [0, 0.1) is 0 Å². The molecule has 0 unspecified atom stereocenters. The fourth-order valence-electron chi connectivity index (χ4n) is 2.61. The van der Waals surface area contributed by atoms with Crippen LogP contribution >= 0.6 is 0 Å². The number of nitrogens with zero attached hydrogens (tertiary/aromatic N) is 2. The largest absolute Gasteiger partial charge is 0.367 e. The van der Waals surface area contributed by atoms with Crippen LogP contribution < -0.4 is 5.73 Å². The highest BCUT2D eigenvalue weighted by Crippen LogP contribution is 2.38. The fourth-order valence-corrected chi connectivity index (χ4v) is 2.61. The lowest BCUT2D eigenvalue weighted by Gasteiger charge is -2.29. The highest BCUT2D eigenvalue weighted by Gasteiger charge is 2.38. The van der Waals surface area contributed by atoms with Crippen LogP contribution in [0.4, 0.5) is 0 Å². The van der Waals surface area contributed by atoms with Crippen LogP contribution in [0.3, 0.4) is 0 Å². The zero-order chi connectivity index (χ0) is 13.0. The van der Waals surface area contributed by atoms with Gasteiger partial charge in [-0.15, -0.1) is 0 Å². The molecule has 1 aromatic rings. The lowest BCUT2D eigenvalue weighted by molar-refractivity contribution is -0.0636. The average Bonchev–Trinajstić information content (AvgIpc) is 2.73. The molecule has 0 spiro atoms. The third-order valence-corrected chi connectivity index (χ3v) is 3.57. The average molecular weight is 253 g/mol. The number of rotatable bonds is 4. The van der Waals surface area contributed by atoms with E-state index < -0.39 is 0 Å². The molecule has 1 heterocycles. The van der Waals surface area contributed by atoms with Crippen molar-refractivity contribution in [3.63, 3.8) is 0 Å². The van der Waals surface area contributed by atoms with Gasteiger partial charge in [0.05, 0.1) is 6.04 Å². The zero-order valence-electron chi connectivity index (χ0n) is 11.3. The summed E-state index contributed by atoms with van der Waals surface area (Å²) in [5.74, 6) is 1.17. The number of aromatic nitrogens is 2. The quantitative estimate of drug-likeness (QED) is 0.835. The monoisotopic (exact) mass is 253 g/mol. The highest BCUT2D eigenvalue weighted by atomic mass is 16.5. The van der Waals surface area contributed by atoms with Crippen molar-refractivity contribution in [3.8, 4) is 0 Å². The van der Waals surface area contributed by atoms with Gasteiger partial charge >= 0.3 is 0 Å². The summed E-state index contributed by atoms with van der Waals surface area (Å²) in [6.07, 6.45) is 6.77. The topological polar surface area (TPSA) is 74.2 Å². The summed E-state index contributed by atoms with van der Waals surface area (Å²) < 4.78 is 11.2. The lowest BCUT2D eigenvalue weighted by atomic mass is 9.93. The molecule has 1 saturated carbocycles. The Morgan fingerprint density at radius 1 is 1.33 bits per heavy atom. The van der Waals surface area contributed by atoms with E-state index in [0.29, 0.717) is 18.3 Å². The standard InChI is InChI=1S/C13H23N3O2/c1-3-17-13(8-6-4-5-7-9-13)12-15-11(10(2)14)18-16-12/h10H,3-9,14H2,1-2H3/t10-/m0/s1. The zero-order valence-corrected chi connectivity index (χ0v) is 11.3. The second kappa shape index (κ2) is 5.80. The Labute approximate surface area is 108 Å². The van der Waals surface area contributed by atoms with Crippen LogP contribution in [0.2, 0.25) is 0 Å². The van der Waals surface area contributed by atoms with E-state index in [0.717, 1.165) is 25.7 Å². The summed E-state index contributed by atoms with van der Waals surface area (Å²) in [6.45, 7) is 4.53. The third-order valence-electron chi connectivity index (χ3n) is 3.57. The van der Waals surface area contributed by atoms with Gasteiger partial charge in [0.25, 0.3) is 0 Å². The molecular formula is C13H23N3O2. The smallest absolute Gasteiger partial charge is 0.243 e. The SMILES string of the molecule is CCOC1(c2noc([C@H](C)N)n2)CCCCCC1. The molecule has 0 aromatic carbocycles. The Kier molecular flexibility index (Phi) is 4.35. The number of hydrogen-bond donors (Lipinski definition) is 1. The van der Waals surface area contributed by atoms with E-state index in [-0.39, 0.29) is 11.6 Å². The van der Waals surface area contributed by atoms with Crippen molar-refractivity contribution in [2.75, 3.05) is 6.61 Å². The van der Waals surface area contributed by atoms with Gasteiger partial charge in [0.1, 0.15) is 5.60 Å². The Morgan fingerprint density at radius 2 is 2.00 bits per heavy atom. The molecule has 18 heavy (non-hydrogen) atoms.